The molecule has 0 bridgehead atoms. The molecule has 1 aromatic heterocycles. The van der Waals surface area contributed by atoms with Gasteiger partial charge in [-0.25, -0.2) is 0 Å². The van der Waals surface area contributed by atoms with Crippen LogP contribution in [0.2, 0.25) is 0 Å². The fraction of sp³-hybridized carbons (Fsp3) is 0.294. The van der Waals surface area contributed by atoms with Gasteiger partial charge < -0.3 is 19.8 Å². The van der Waals surface area contributed by atoms with E-state index in [0.717, 1.165) is 11.3 Å². The second-order valence-electron chi connectivity index (χ2n) is 5.09. The van der Waals surface area contributed by atoms with Crippen molar-refractivity contribution in [1.82, 2.24) is 10.6 Å². The summed E-state index contributed by atoms with van der Waals surface area (Å²) in [5, 5.41) is 5.57. The highest BCUT2D eigenvalue weighted by Gasteiger charge is 2.17. The first-order chi connectivity index (χ1) is 11.1. The Hall–Kier alpha value is -2.76. The van der Waals surface area contributed by atoms with E-state index < -0.39 is 6.04 Å². The molecule has 1 heterocycles. The van der Waals surface area contributed by atoms with Gasteiger partial charge in [-0.15, -0.1) is 0 Å². The van der Waals surface area contributed by atoms with Crippen LogP contribution < -0.4 is 15.4 Å². The van der Waals surface area contributed by atoms with E-state index in [9.17, 15) is 9.59 Å². The molecule has 0 spiro atoms. The molecule has 1 unspecified atom stereocenters. The molecule has 2 aromatic rings. The number of hydrogen-bond donors (Lipinski definition) is 2. The van der Waals surface area contributed by atoms with Crippen LogP contribution in [0.25, 0.3) is 0 Å². The molecule has 0 aliphatic carbocycles. The largest absolute Gasteiger partial charge is 0.497 e. The minimum atomic E-state index is -0.394. The molecule has 2 N–H and O–H groups in total. The second kappa shape index (κ2) is 8.03. The molecule has 0 saturated carbocycles. The van der Waals surface area contributed by atoms with Crippen molar-refractivity contribution in [3.63, 3.8) is 0 Å². The summed E-state index contributed by atoms with van der Waals surface area (Å²) >= 11 is 0. The Kier molecular flexibility index (Phi) is 5.80. The van der Waals surface area contributed by atoms with Crippen molar-refractivity contribution >= 4 is 11.8 Å². The van der Waals surface area contributed by atoms with Crippen LogP contribution in [0.1, 0.15) is 30.7 Å². The fourth-order valence-electron chi connectivity index (χ4n) is 2.19. The maximum absolute atomic E-state index is 12.1. The predicted molar refractivity (Wildman–Crippen MR) is 84.7 cm³/mol. The van der Waals surface area contributed by atoms with E-state index >= 15 is 0 Å². The van der Waals surface area contributed by atoms with Gasteiger partial charge in [0.2, 0.25) is 11.8 Å². The number of ether oxygens (including phenoxy) is 1. The van der Waals surface area contributed by atoms with E-state index in [2.05, 4.69) is 10.6 Å². The van der Waals surface area contributed by atoms with Gasteiger partial charge in [0.1, 0.15) is 11.5 Å². The van der Waals surface area contributed by atoms with E-state index in [4.69, 9.17) is 9.15 Å². The summed E-state index contributed by atoms with van der Waals surface area (Å²) in [6.45, 7) is 1.75. The van der Waals surface area contributed by atoms with Crippen molar-refractivity contribution in [1.29, 1.82) is 0 Å². The molecule has 0 aliphatic heterocycles. The lowest BCUT2D eigenvalue weighted by molar-refractivity contribution is -0.123. The molecule has 6 heteroatoms. The van der Waals surface area contributed by atoms with Crippen molar-refractivity contribution in [2.45, 2.75) is 25.9 Å². The van der Waals surface area contributed by atoms with E-state index in [0.29, 0.717) is 12.3 Å². The quantitative estimate of drug-likeness (QED) is 0.820. The molecular formula is C17H20N2O4. The maximum Gasteiger partial charge on any atom is 0.222 e. The first kappa shape index (κ1) is 16.6. The Balaban J connectivity index is 1.99. The summed E-state index contributed by atoms with van der Waals surface area (Å²) < 4.78 is 10.3. The minimum Gasteiger partial charge on any atom is -0.497 e. The lowest BCUT2D eigenvalue weighted by atomic mass is 10.0. The van der Waals surface area contributed by atoms with Crippen molar-refractivity contribution in [3.8, 4) is 5.75 Å². The van der Waals surface area contributed by atoms with Crippen LogP contribution in [0.15, 0.2) is 47.1 Å². The zero-order chi connectivity index (χ0) is 16.7. The summed E-state index contributed by atoms with van der Waals surface area (Å²) in [5.41, 5.74) is 0.842. The summed E-state index contributed by atoms with van der Waals surface area (Å²) in [7, 11) is 1.59. The smallest absolute Gasteiger partial charge is 0.222 e. The number of benzene rings is 1. The van der Waals surface area contributed by atoms with Crippen LogP contribution >= 0.6 is 0 Å². The standard InChI is InChI=1S/C17H20N2O4/c1-12(20)19-16(13-5-7-14(22-2)8-6-13)10-17(21)18-11-15-4-3-9-23-15/h3-9,16H,10-11H2,1-2H3,(H,18,21)(H,19,20). The Labute approximate surface area is 134 Å². The maximum atomic E-state index is 12.1. The molecular weight excluding hydrogens is 296 g/mol. The minimum absolute atomic E-state index is 0.145. The molecule has 0 fully saturated rings. The third-order valence-electron chi connectivity index (χ3n) is 3.33. The summed E-state index contributed by atoms with van der Waals surface area (Å²) in [4.78, 5) is 23.5. The molecule has 122 valence electrons. The molecule has 1 atom stereocenters. The molecule has 0 aliphatic rings. The summed E-state index contributed by atoms with van der Waals surface area (Å²) in [6.07, 6.45) is 1.70. The average Bonchev–Trinajstić information content (AvgIpc) is 3.05. The average molecular weight is 316 g/mol. The summed E-state index contributed by atoms with van der Waals surface area (Å²) in [6, 6.07) is 10.4. The summed E-state index contributed by atoms with van der Waals surface area (Å²) in [5.74, 6) is 1.04. The molecule has 2 rings (SSSR count). The van der Waals surface area contributed by atoms with Crippen LogP contribution in [-0.4, -0.2) is 18.9 Å². The molecule has 2 amide bonds. The number of amides is 2. The first-order valence-corrected chi connectivity index (χ1v) is 7.28. The number of furan rings is 1. The molecule has 0 radical (unpaired) electrons. The van der Waals surface area contributed by atoms with Crippen LogP contribution in [0.3, 0.4) is 0 Å². The van der Waals surface area contributed by atoms with Gasteiger partial charge in [-0.3, -0.25) is 9.59 Å². The van der Waals surface area contributed by atoms with Crippen LogP contribution in [-0.2, 0) is 16.1 Å². The highest BCUT2D eigenvalue weighted by molar-refractivity contribution is 5.79. The first-order valence-electron chi connectivity index (χ1n) is 7.28. The molecule has 23 heavy (non-hydrogen) atoms. The normalized spacial score (nSPS) is 11.6. The van der Waals surface area contributed by atoms with Crippen molar-refractivity contribution < 1.29 is 18.7 Å². The van der Waals surface area contributed by atoms with Gasteiger partial charge in [0, 0.05) is 6.92 Å². The number of carbonyl (C=O) groups is 2. The SMILES string of the molecule is COc1ccc(C(CC(=O)NCc2ccco2)NC(C)=O)cc1. The van der Waals surface area contributed by atoms with Crippen LogP contribution in [0.4, 0.5) is 0 Å². The molecule has 0 saturated heterocycles. The van der Waals surface area contributed by atoms with Gasteiger partial charge in [-0.1, -0.05) is 12.1 Å². The highest BCUT2D eigenvalue weighted by Crippen LogP contribution is 2.20. The zero-order valence-corrected chi connectivity index (χ0v) is 13.2. The Bertz CT molecular complexity index is 635. The topological polar surface area (TPSA) is 80.6 Å². The van der Waals surface area contributed by atoms with E-state index in [1.54, 1.807) is 37.6 Å². The lowest BCUT2D eigenvalue weighted by Crippen LogP contribution is -2.32. The second-order valence-corrected chi connectivity index (χ2v) is 5.09. The van der Waals surface area contributed by atoms with E-state index in [1.807, 2.05) is 12.1 Å². The number of hydrogen-bond acceptors (Lipinski definition) is 4. The van der Waals surface area contributed by atoms with E-state index in [1.165, 1.54) is 6.92 Å². The van der Waals surface area contributed by atoms with Gasteiger partial charge in [-0.05, 0) is 29.8 Å². The third-order valence-corrected chi connectivity index (χ3v) is 3.33. The Morgan fingerprint density at radius 1 is 1.22 bits per heavy atom. The van der Waals surface area contributed by atoms with Gasteiger partial charge in [0.15, 0.2) is 0 Å². The van der Waals surface area contributed by atoms with Crippen molar-refractivity contribution in [2.24, 2.45) is 0 Å². The van der Waals surface area contributed by atoms with Crippen LogP contribution in [0, 0.1) is 0 Å². The van der Waals surface area contributed by atoms with E-state index in [-0.39, 0.29) is 18.2 Å². The van der Waals surface area contributed by atoms with Gasteiger partial charge >= 0.3 is 0 Å². The number of nitrogens with one attached hydrogen (secondary N) is 2. The number of methoxy groups -OCH3 is 1. The van der Waals surface area contributed by atoms with Crippen LogP contribution in [0.5, 0.6) is 5.75 Å². The lowest BCUT2D eigenvalue weighted by Gasteiger charge is -2.18. The Morgan fingerprint density at radius 2 is 1.96 bits per heavy atom. The van der Waals surface area contributed by atoms with Crippen molar-refractivity contribution in [2.75, 3.05) is 7.11 Å². The van der Waals surface area contributed by atoms with Gasteiger partial charge in [0.05, 0.1) is 32.4 Å². The molecule has 1 aromatic carbocycles. The predicted octanol–water partition coefficient (Wildman–Crippen LogP) is 2.17. The zero-order valence-electron chi connectivity index (χ0n) is 13.2. The highest BCUT2D eigenvalue weighted by atomic mass is 16.5. The van der Waals surface area contributed by atoms with Gasteiger partial charge in [0.25, 0.3) is 0 Å². The Morgan fingerprint density at radius 3 is 2.52 bits per heavy atom. The third kappa shape index (κ3) is 5.18. The van der Waals surface area contributed by atoms with Crippen molar-refractivity contribution in [3.05, 3.63) is 54.0 Å². The fourth-order valence-corrected chi connectivity index (χ4v) is 2.19. The number of rotatable bonds is 7. The molecule has 6 nitrogen and oxygen atoms in total. The number of carbonyl (C=O) groups excluding carboxylic acids is 2. The monoisotopic (exact) mass is 316 g/mol. The van der Waals surface area contributed by atoms with Gasteiger partial charge in [-0.2, -0.15) is 0 Å².